The zero-order chi connectivity index (χ0) is 18.8. The molecular formula is C17H22N8O2. The second kappa shape index (κ2) is 7.29. The molecule has 0 aliphatic carbocycles. The summed E-state index contributed by atoms with van der Waals surface area (Å²) in [5, 5.41) is 16.7. The highest BCUT2D eigenvalue weighted by molar-refractivity contribution is 5.92. The predicted molar refractivity (Wildman–Crippen MR) is 93.9 cm³/mol. The fourth-order valence-corrected chi connectivity index (χ4v) is 3.41. The lowest BCUT2D eigenvalue weighted by atomic mass is 9.95. The SMILES string of the molecule is CCc1cc(C(=O)N2CCC(c3nnc(Cn4cncn4)n3C)CC2)no1. The van der Waals surface area contributed by atoms with Gasteiger partial charge < -0.3 is 14.0 Å². The molecule has 0 bridgehead atoms. The summed E-state index contributed by atoms with van der Waals surface area (Å²) in [5.41, 5.74) is 0.388. The predicted octanol–water partition coefficient (Wildman–Crippen LogP) is 1.03. The molecule has 10 nitrogen and oxygen atoms in total. The van der Waals surface area contributed by atoms with Gasteiger partial charge in [0.15, 0.2) is 11.5 Å². The Morgan fingerprint density at radius 2 is 2.11 bits per heavy atom. The number of nitrogens with zero attached hydrogens (tertiary/aromatic N) is 8. The molecule has 10 heteroatoms. The molecule has 0 radical (unpaired) electrons. The molecule has 3 aromatic rings. The van der Waals surface area contributed by atoms with Gasteiger partial charge in [0.1, 0.15) is 30.8 Å². The van der Waals surface area contributed by atoms with Gasteiger partial charge in [-0.05, 0) is 12.8 Å². The molecule has 1 saturated heterocycles. The van der Waals surface area contributed by atoms with Crippen LogP contribution in [0.4, 0.5) is 0 Å². The van der Waals surface area contributed by atoms with Crippen molar-refractivity contribution < 1.29 is 9.32 Å². The fourth-order valence-electron chi connectivity index (χ4n) is 3.41. The standard InChI is InChI=1S/C17H22N8O2/c1-3-13-8-14(22-27-13)17(26)24-6-4-12(5-7-24)16-21-20-15(23(16)2)9-25-11-18-10-19-25/h8,10-12H,3-7,9H2,1-2H3. The molecule has 1 fully saturated rings. The Labute approximate surface area is 156 Å². The van der Waals surface area contributed by atoms with E-state index in [1.165, 1.54) is 6.33 Å². The van der Waals surface area contributed by atoms with Crippen molar-refractivity contribution in [1.29, 1.82) is 0 Å². The highest BCUT2D eigenvalue weighted by atomic mass is 16.5. The van der Waals surface area contributed by atoms with Gasteiger partial charge in [-0.2, -0.15) is 5.10 Å². The topological polar surface area (TPSA) is 108 Å². The number of likely N-dealkylation sites (tertiary alicyclic amines) is 1. The summed E-state index contributed by atoms with van der Waals surface area (Å²) in [7, 11) is 1.97. The molecule has 1 amide bonds. The number of hydrogen-bond acceptors (Lipinski definition) is 7. The number of hydrogen-bond donors (Lipinski definition) is 0. The Kier molecular flexibility index (Phi) is 4.69. The summed E-state index contributed by atoms with van der Waals surface area (Å²) >= 11 is 0. The van der Waals surface area contributed by atoms with Crippen LogP contribution in [0, 0.1) is 0 Å². The molecular weight excluding hydrogens is 348 g/mol. The van der Waals surface area contributed by atoms with E-state index in [9.17, 15) is 4.79 Å². The summed E-state index contributed by atoms with van der Waals surface area (Å²) in [4.78, 5) is 18.4. The van der Waals surface area contributed by atoms with Crippen LogP contribution in [0.2, 0.25) is 0 Å². The zero-order valence-corrected chi connectivity index (χ0v) is 15.4. The highest BCUT2D eigenvalue weighted by Crippen LogP contribution is 2.27. The van der Waals surface area contributed by atoms with E-state index in [4.69, 9.17) is 4.52 Å². The quantitative estimate of drug-likeness (QED) is 0.660. The number of piperidine rings is 1. The zero-order valence-electron chi connectivity index (χ0n) is 15.4. The van der Waals surface area contributed by atoms with Gasteiger partial charge in [0.25, 0.3) is 5.91 Å². The van der Waals surface area contributed by atoms with Gasteiger partial charge in [0, 0.05) is 38.5 Å². The highest BCUT2D eigenvalue weighted by Gasteiger charge is 2.29. The lowest BCUT2D eigenvalue weighted by Gasteiger charge is -2.30. The van der Waals surface area contributed by atoms with E-state index in [2.05, 4.69) is 25.4 Å². The van der Waals surface area contributed by atoms with Gasteiger partial charge in [-0.25, -0.2) is 9.67 Å². The van der Waals surface area contributed by atoms with Crippen molar-refractivity contribution in [3.8, 4) is 0 Å². The van der Waals surface area contributed by atoms with Crippen LogP contribution in [0.1, 0.15) is 53.6 Å². The first-order valence-electron chi connectivity index (χ1n) is 9.11. The normalized spacial score (nSPS) is 15.4. The molecule has 0 aromatic carbocycles. The van der Waals surface area contributed by atoms with E-state index >= 15 is 0 Å². The van der Waals surface area contributed by atoms with Crippen molar-refractivity contribution in [2.24, 2.45) is 7.05 Å². The molecule has 4 heterocycles. The van der Waals surface area contributed by atoms with Gasteiger partial charge in [-0.3, -0.25) is 4.79 Å². The van der Waals surface area contributed by atoms with Gasteiger partial charge in [-0.1, -0.05) is 12.1 Å². The molecule has 0 saturated carbocycles. The van der Waals surface area contributed by atoms with Crippen LogP contribution in [0.5, 0.6) is 0 Å². The van der Waals surface area contributed by atoms with E-state index in [1.807, 2.05) is 23.4 Å². The van der Waals surface area contributed by atoms with Gasteiger partial charge in [0.2, 0.25) is 0 Å². The number of aromatic nitrogens is 7. The van der Waals surface area contributed by atoms with Crippen LogP contribution < -0.4 is 0 Å². The van der Waals surface area contributed by atoms with Crippen LogP contribution in [0.15, 0.2) is 23.2 Å². The summed E-state index contributed by atoms with van der Waals surface area (Å²) < 4.78 is 8.89. The molecule has 1 aliphatic rings. The Bertz CT molecular complexity index is 905. The first-order valence-corrected chi connectivity index (χ1v) is 9.11. The van der Waals surface area contributed by atoms with Crippen LogP contribution >= 0.6 is 0 Å². The molecule has 1 aliphatic heterocycles. The second-order valence-electron chi connectivity index (χ2n) is 6.72. The van der Waals surface area contributed by atoms with Crippen molar-refractivity contribution in [3.05, 3.63) is 41.8 Å². The number of carbonyl (C=O) groups excluding carboxylic acids is 1. The first-order chi connectivity index (χ1) is 13.2. The second-order valence-corrected chi connectivity index (χ2v) is 6.72. The number of carbonyl (C=O) groups is 1. The Hall–Kier alpha value is -3.04. The third-order valence-electron chi connectivity index (χ3n) is 5.04. The Balaban J connectivity index is 1.39. The maximum Gasteiger partial charge on any atom is 0.276 e. The van der Waals surface area contributed by atoms with Crippen molar-refractivity contribution in [1.82, 2.24) is 39.6 Å². The van der Waals surface area contributed by atoms with Crippen molar-refractivity contribution in [2.45, 2.75) is 38.6 Å². The van der Waals surface area contributed by atoms with Crippen LogP contribution in [0.3, 0.4) is 0 Å². The average molecular weight is 370 g/mol. The third-order valence-corrected chi connectivity index (χ3v) is 5.04. The van der Waals surface area contributed by atoms with E-state index in [1.54, 1.807) is 17.1 Å². The molecule has 4 rings (SSSR count). The van der Waals surface area contributed by atoms with Crippen LogP contribution in [-0.2, 0) is 20.0 Å². The molecule has 0 N–H and O–H groups in total. The summed E-state index contributed by atoms with van der Waals surface area (Å²) in [6.07, 6.45) is 5.58. The minimum atomic E-state index is -0.0678. The lowest BCUT2D eigenvalue weighted by molar-refractivity contribution is 0.0700. The summed E-state index contributed by atoms with van der Waals surface area (Å²) in [6.45, 7) is 3.84. The minimum absolute atomic E-state index is 0.0678. The van der Waals surface area contributed by atoms with E-state index in [0.717, 1.165) is 36.7 Å². The largest absolute Gasteiger partial charge is 0.361 e. The number of amides is 1. The van der Waals surface area contributed by atoms with Crippen LogP contribution in [0.25, 0.3) is 0 Å². The number of rotatable bonds is 5. The van der Waals surface area contributed by atoms with Crippen molar-refractivity contribution in [2.75, 3.05) is 13.1 Å². The van der Waals surface area contributed by atoms with Gasteiger partial charge in [-0.15, -0.1) is 10.2 Å². The van der Waals surface area contributed by atoms with Crippen LogP contribution in [-0.4, -0.2) is 58.6 Å². The van der Waals surface area contributed by atoms with E-state index in [0.29, 0.717) is 25.3 Å². The monoisotopic (exact) mass is 370 g/mol. The smallest absolute Gasteiger partial charge is 0.276 e. The summed E-state index contributed by atoms with van der Waals surface area (Å²) in [6, 6.07) is 1.73. The molecule has 0 atom stereocenters. The molecule has 142 valence electrons. The van der Waals surface area contributed by atoms with E-state index < -0.39 is 0 Å². The minimum Gasteiger partial charge on any atom is -0.361 e. The average Bonchev–Trinajstić information content (AvgIpc) is 3.44. The van der Waals surface area contributed by atoms with Crippen molar-refractivity contribution in [3.63, 3.8) is 0 Å². The van der Waals surface area contributed by atoms with Gasteiger partial charge in [0.05, 0.1) is 0 Å². The first kappa shape index (κ1) is 17.4. The van der Waals surface area contributed by atoms with Gasteiger partial charge >= 0.3 is 0 Å². The maximum absolute atomic E-state index is 12.6. The summed E-state index contributed by atoms with van der Waals surface area (Å²) in [5.74, 6) is 2.73. The Morgan fingerprint density at radius 1 is 1.30 bits per heavy atom. The molecule has 0 spiro atoms. The Morgan fingerprint density at radius 3 is 2.78 bits per heavy atom. The molecule has 3 aromatic heterocycles. The fraction of sp³-hybridized carbons (Fsp3) is 0.529. The van der Waals surface area contributed by atoms with E-state index in [-0.39, 0.29) is 11.8 Å². The lowest BCUT2D eigenvalue weighted by Crippen LogP contribution is -2.38. The van der Waals surface area contributed by atoms with Crippen molar-refractivity contribution >= 4 is 5.91 Å². The molecule has 0 unspecified atom stereocenters. The molecule has 27 heavy (non-hydrogen) atoms. The maximum atomic E-state index is 12.6. The number of aryl methyl sites for hydroxylation is 1. The third kappa shape index (κ3) is 3.46.